The van der Waals surface area contributed by atoms with E-state index in [-0.39, 0.29) is 11.5 Å². The number of nitrogens with zero attached hydrogens (tertiary/aromatic N) is 2. The minimum Gasteiger partial charge on any atom is -0.476 e. The van der Waals surface area contributed by atoms with Gasteiger partial charge >= 0.3 is 5.97 Å². The van der Waals surface area contributed by atoms with Gasteiger partial charge in [0.25, 0.3) is 0 Å². The first-order valence-electron chi connectivity index (χ1n) is 4.95. The maximum Gasteiger partial charge on any atom is 0.356 e. The van der Waals surface area contributed by atoms with Crippen molar-refractivity contribution in [2.24, 2.45) is 0 Å². The first kappa shape index (κ1) is 11.2. The minimum atomic E-state index is -1.12. The Morgan fingerprint density at radius 1 is 1.24 bits per heavy atom. The van der Waals surface area contributed by atoms with Crippen molar-refractivity contribution in [2.75, 3.05) is 0 Å². The molecule has 0 fully saturated rings. The minimum absolute atomic E-state index is 0.0724. The summed E-state index contributed by atoms with van der Waals surface area (Å²) >= 11 is 0. The molecule has 0 amide bonds. The molecule has 0 saturated heterocycles. The van der Waals surface area contributed by atoms with Gasteiger partial charge in [0.05, 0.1) is 0 Å². The van der Waals surface area contributed by atoms with Crippen LogP contribution in [-0.4, -0.2) is 21.3 Å². The molecule has 0 aliphatic rings. The molecule has 2 rings (SSSR count). The SMILES string of the molecule is O=C(O)c1nnccc1Cc1ccc(F)cc1. The smallest absolute Gasteiger partial charge is 0.356 e. The van der Waals surface area contributed by atoms with Crippen LogP contribution in [0.5, 0.6) is 0 Å². The Kier molecular flexibility index (Phi) is 3.09. The Balaban J connectivity index is 2.30. The third-order valence-corrected chi connectivity index (χ3v) is 2.31. The number of hydrogen-bond acceptors (Lipinski definition) is 3. The highest BCUT2D eigenvalue weighted by atomic mass is 19.1. The van der Waals surface area contributed by atoms with Crippen molar-refractivity contribution in [3.8, 4) is 0 Å². The highest BCUT2D eigenvalue weighted by Crippen LogP contribution is 2.12. The van der Waals surface area contributed by atoms with E-state index in [4.69, 9.17) is 5.11 Å². The second-order valence-corrected chi connectivity index (χ2v) is 3.51. The normalized spacial score (nSPS) is 10.2. The monoisotopic (exact) mass is 232 g/mol. The van der Waals surface area contributed by atoms with E-state index in [1.165, 1.54) is 18.3 Å². The Bertz CT molecular complexity index is 540. The molecule has 1 N–H and O–H groups in total. The Labute approximate surface area is 96.7 Å². The van der Waals surface area contributed by atoms with Crippen molar-refractivity contribution in [1.82, 2.24) is 10.2 Å². The van der Waals surface area contributed by atoms with Crippen LogP contribution in [0.1, 0.15) is 21.6 Å². The van der Waals surface area contributed by atoms with Gasteiger partial charge in [-0.3, -0.25) is 0 Å². The third kappa shape index (κ3) is 2.63. The largest absolute Gasteiger partial charge is 0.476 e. The van der Waals surface area contributed by atoms with E-state index in [1.807, 2.05) is 0 Å². The number of benzene rings is 1. The lowest BCUT2D eigenvalue weighted by molar-refractivity contribution is 0.0688. The van der Waals surface area contributed by atoms with Gasteiger partial charge in [-0.25, -0.2) is 9.18 Å². The maximum atomic E-state index is 12.7. The van der Waals surface area contributed by atoms with Crippen LogP contribution in [0.15, 0.2) is 36.5 Å². The molecule has 0 atom stereocenters. The summed E-state index contributed by atoms with van der Waals surface area (Å²) in [6, 6.07) is 7.50. The summed E-state index contributed by atoms with van der Waals surface area (Å²) in [6.45, 7) is 0. The Morgan fingerprint density at radius 3 is 2.59 bits per heavy atom. The Morgan fingerprint density at radius 2 is 1.94 bits per heavy atom. The number of carbonyl (C=O) groups is 1. The molecule has 0 radical (unpaired) electrons. The summed E-state index contributed by atoms with van der Waals surface area (Å²) in [5.74, 6) is -1.43. The number of aromatic carboxylic acids is 1. The molecular formula is C12H9FN2O2. The number of carboxylic acids is 1. The molecule has 5 heteroatoms. The molecule has 0 bridgehead atoms. The van der Waals surface area contributed by atoms with Crippen molar-refractivity contribution in [2.45, 2.75) is 6.42 Å². The number of rotatable bonds is 3. The van der Waals surface area contributed by atoms with Crippen LogP contribution in [0.2, 0.25) is 0 Å². The molecule has 86 valence electrons. The standard InChI is InChI=1S/C12H9FN2O2/c13-10-3-1-8(2-4-10)7-9-5-6-14-15-11(9)12(16)17/h1-6H,7H2,(H,16,17). The lowest BCUT2D eigenvalue weighted by atomic mass is 10.0. The molecule has 0 unspecified atom stereocenters. The van der Waals surface area contributed by atoms with E-state index >= 15 is 0 Å². The first-order chi connectivity index (χ1) is 8.16. The number of halogens is 1. The van der Waals surface area contributed by atoms with Gasteiger partial charge in [0.1, 0.15) is 5.82 Å². The summed E-state index contributed by atoms with van der Waals surface area (Å²) in [7, 11) is 0. The van der Waals surface area contributed by atoms with Crippen molar-refractivity contribution >= 4 is 5.97 Å². The van der Waals surface area contributed by atoms with Gasteiger partial charge in [-0.05, 0) is 35.7 Å². The molecule has 2 aromatic rings. The molecule has 1 heterocycles. The average molecular weight is 232 g/mol. The fraction of sp³-hybridized carbons (Fsp3) is 0.0833. The van der Waals surface area contributed by atoms with Gasteiger partial charge in [0, 0.05) is 6.20 Å². The van der Waals surface area contributed by atoms with Crippen LogP contribution in [-0.2, 0) is 6.42 Å². The van der Waals surface area contributed by atoms with E-state index in [0.717, 1.165) is 5.56 Å². The topological polar surface area (TPSA) is 63.1 Å². The van der Waals surface area contributed by atoms with Gasteiger partial charge in [-0.1, -0.05) is 12.1 Å². The van der Waals surface area contributed by atoms with E-state index < -0.39 is 5.97 Å². The van der Waals surface area contributed by atoms with Crippen LogP contribution in [0.4, 0.5) is 4.39 Å². The van der Waals surface area contributed by atoms with Gasteiger partial charge in [0.15, 0.2) is 5.69 Å². The lowest BCUT2D eigenvalue weighted by Gasteiger charge is -2.04. The van der Waals surface area contributed by atoms with Gasteiger partial charge < -0.3 is 5.11 Å². The second kappa shape index (κ2) is 4.69. The second-order valence-electron chi connectivity index (χ2n) is 3.51. The zero-order chi connectivity index (χ0) is 12.3. The lowest BCUT2D eigenvalue weighted by Crippen LogP contribution is -2.07. The summed E-state index contributed by atoms with van der Waals surface area (Å²) in [6.07, 6.45) is 1.82. The summed E-state index contributed by atoms with van der Waals surface area (Å²) in [5.41, 5.74) is 1.30. The van der Waals surface area contributed by atoms with Gasteiger partial charge in [0.2, 0.25) is 0 Å². The molecule has 0 aliphatic heterocycles. The van der Waals surface area contributed by atoms with Crippen molar-refractivity contribution in [3.63, 3.8) is 0 Å². The molecule has 0 saturated carbocycles. The van der Waals surface area contributed by atoms with Crippen molar-refractivity contribution < 1.29 is 14.3 Å². The van der Waals surface area contributed by atoms with E-state index in [9.17, 15) is 9.18 Å². The number of aromatic nitrogens is 2. The third-order valence-electron chi connectivity index (χ3n) is 2.31. The molecular weight excluding hydrogens is 223 g/mol. The van der Waals surface area contributed by atoms with Gasteiger partial charge in [-0.2, -0.15) is 5.10 Å². The van der Waals surface area contributed by atoms with Crippen LogP contribution in [0.3, 0.4) is 0 Å². The molecule has 1 aromatic carbocycles. The summed E-state index contributed by atoms with van der Waals surface area (Å²) in [4.78, 5) is 10.9. The van der Waals surface area contributed by atoms with Crippen LogP contribution < -0.4 is 0 Å². The highest BCUT2D eigenvalue weighted by Gasteiger charge is 2.12. The van der Waals surface area contributed by atoms with Crippen molar-refractivity contribution in [3.05, 3.63) is 59.2 Å². The van der Waals surface area contributed by atoms with E-state index in [2.05, 4.69) is 10.2 Å². The maximum absolute atomic E-state index is 12.7. The first-order valence-corrected chi connectivity index (χ1v) is 4.95. The van der Waals surface area contributed by atoms with E-state index in [0.29, 0.717) is 12.0 Å². The highest BCUT2D eigenvalue weighted by molar-refractivity contribution is 5.86. The predicted octanol–water partition coefficient (Wildman–Crippen LogP) is 1.90. The summed E-state index contributed by atoms with van der Waals surface area (Å²) in [5, 5.41) is 16.0. The molecule has 0 spiro atoms. The number of hydrogen-bond donors (Lipinski definition) is 1. The fourth-order valence-electron chi connectivity index (χ4n) is 1.50. The molecule has 17 heavy (non-hydrogen) atoms. The summed E-state index contributed by atoms with van der Waals surface area (Å²) < 4.78 is 12.7. The zero-order valence-electron chi connectivity index (χ0n) is 8.80. The predicted molar refractivity (Wildman–Crippen MR) is 58.2 cm³/mol. The zero-order valence-corrected chi connectivity index (χ0v) is 8.80. The van der Waals surface area contributed by atoms with Crippen LogP contribution in [0.25, 0.3) is 0 Å². The molecule has 0 aliphatic carbocycles. The van der Waals surface area contributed by atoms with Crippen LogP contribution >= 0.6 is 0 Å². The van der Waals surface area contributed by atoms with E-state index in [1.54, 1.807) is 18.2 Å². The fourth-order valence-corrected chi connectivity index (χ4v) is 1.50. The van der Waals surface area contributed by atoms with Gasteiger partial charge in [-0.15, -0.1) is 5.10 Å². The molecule has 1 aromatic heterocycles. The molecule has 4 nitrogen and oxygen atoms in total. The van der Waals surface area contributed by atoms with Crippen molar-refractivity contribution in [1.29, 1.82) is 0 Å². The van der Waals surface area contributed by atoms with Crippen LogP contribution in [0, 0.1) is 5.82 Å². The quantitative estimate of drug-likeness (QED) is 0.877. The Hall–Kier alpha value is -2.30. The average Bonchev–Trinajstić information content (AvgIpc) is 2.32. The number of carboxylic acid groups (broad SMARTS) is 1.